The SMILES string of the molecule is CCOC(=O)C(CC1CC1)(NC(C)=O)C(=O)OCC. The topological polar surface area (TPSA) is 81.7 Å². The van der Waals surface area contributed by atoms with Crippen LogP contribution >= 0.6 is 0 Å². The summed E-state index contributed by atoms with van der Waals surface area (Å²) in [6, 6.07) is 0. The van der Waals surface area contributed by atoms with Gasteiger partial charge in [0.25, 0.3) is 0 Å². The number of rotatable bonds is 7. The van der Waals surface area contributed by atoms with Crippen LogP contribution in [-0.4, -0.2) is 36.6 Å². The van der Waals surface area contributed by atoms with Crippen LogP contribution in [0.15, 0.2) is 0 Å². The number of hydrogen-bond donors (Lipinski definition) is 1. The Morgan fingerprint density at radius 1 is 1.11 bits per heavy atom. The van der Waals surface area contributed by atoms with Crippen LogP contribution in [0.4, 0.5) is 0 Å². The first-order valence-corrected chi connectivity index (χ1v) is 6.59. The van der Waals surface area contributed by atoms with Crippen molar-refractivity contribution in [2.45, 2.75) is 45.6 Å². The lowest BCUT2D eigenvalue weighted by Gasteiger charge is -2.29. The van der Waals surface area contributed by atoms with E-state index in [4.69, 9.17) is 9.47 Å². The molecule has 1 saturated carbocycles. The van der Waals surface area contributed by atoms with Gasteiger partial charge >= 0.3 is 11.9 Å². The number of hydrogen-bond acceptors (Lipinski definition) is 5. The van der Waals surface area contributed by atoms with Crippen molar-refractivity contribution in [3.63, 3.8) is 0 Å². The molecule has 0 heterocycles. The van der Waals surface area contributed by atoms with E-state index in [1.807, 2.05) is 0 Å². The summed E-state index contributed by atoms with van der Waals surface area (Å²) in [5.74, 6) is -1.69. The van der Waals surface area contributed by atoms with E-state index < -0.39 is 23.4 Å². The van der Waals surface area contributed by atoms with Crippen molar-refractivity contribution in [3.05, 3.63) is 0 Å². The van der Waals surface area contributed by atoms with Crippen molar-refractivity contribution >= 4 is 17.8 Å². The molecular formula is C13H21NO5. The van der Waals surface area contributed by atoms with Crippen LogP contribution in [0, 0.1) is 5.92 Å². The molecule has 0 unspecified atom stereocenters. The summed E-state index contributed by atoms with van der Waals surface area (Å²) in [7, 11) is 0. The molecule has 1 rings (SSSR count). The molecule has 6 heteroatoms. The second-order valence-electron chi connectivity index (χ2n) is 4.67. The minimum absolute atomic E-state index is 0.143. The predicted molar refractivity (Wildman–Crippen MR) is 67.2 cm³/mol. The summed E-state index contributed by atoms with van der Waals surface area (Å²) in [4.78, 5) is 35.6. The van der Waals surface area contributed by atoms with Gasteiger partial charge in [-0.15, -0.1) is 0 Å². The molecule has 0 aromatic carbocycles. The average Bonchev–Trinajstić information content (AvgIpc) is 3.11. The Hall–Kier alpha value is -1.59. The van der Waals surface area contributed by atoms with Crippen molar-refractivity contribution in [1.29, 1.82) is 0 Å². The Kier molecular flexibility index (Phi) is 5.32. The van der Waals surface area contributed by atoms with E-state index >= 15 is 0 Å². The number of esters is 2. The third kappa shape index (κ3) is 3.94. The lowest BCUT2D eigenvalue weighted by molar-refractivity contribution is -0.168. The Morgan fingerprint density at radius 2 is 1.58 bits per heavy atom. The molecule has 0 radical (unpaired) electrons. The van der Waals surface area contributed by atoms with E-state index in [0.29, 0.717) is 0 Å². The fraction of sp³-hybridized carbons (Fsp3) is 0.769. The van der Waals surface area contributed by atoms with Crippen LogP contribution in [0.5, 0.6) is 0 Å². The molecule has 0 saturated heterocycles. The summed E-state index contributed by atoms with van der Waals surface area (Å²) in [6.07, 6.45) is 2.13. The summed E-state index contributed by atoms with van der Waals surface area (Å²) >= 11 is 0. The Bertz CT molecular complexity index is 344. The summed E-state index contributed by atoms with van der Waals surface area (Å²) in [6.45, 7) is 4.85. The minimum Gasteiger partial charge on any atom is -0.464 e. The molecule has 1 fully saturated rings. The molecule has 1 amide bonds. The normalized spacial score (nSPS) is 14.7. The number of carbonyl (C=O) groups excluding carboxylic acids is 3. The molecule has 0 aromatic heterocycles. The molecule has 108 valence electrons. The molecule has 0 aliphatic heterocycles. The maximum absolute atomic E-state index is 12.1. The van der Waals surface area contributed by atoms with Crippen molar-refractivity contribution in [2.24, 2.45) is 5.92 Å². The zero-order chi connectivity index (χ0) is 14.5. The van der Waals surface area contributed by atoms with Gasteiger partial charge in [0.1, 0.15) is 0 Å². The van der Waals surface area contributed by atoms with Crippen LogP contribution in [-0.2, 0) is 23.9 Å². The second-order valence-corrected chi connectivity index (χ2v) is 4.67. The molecule has 1 aliphatic rings. The van der Waals surface area contributed by atoms with Gasteiger partial charge in [-0.25, -0.2) is 9.59 Å². The predicted octanol–water partition coefficient (Wildman–Crippen LogP) is 0.788. The van der Waals surface area contributed by atoms with Crippen molar-refractivity contribution in [2.75, 3.05) is 13.2 Å². The number of amides is 1. The molecule has 1 aliphatic carbocycles. The van der Waals surface area contributed by atoms with E-state index in [0.717, 1.165) is 12.8 Å². The largest absolute Gasteiger partial charge is 0.464 e. The molecular weight excluding hydrogens is 250 g/mol. The standard InChI is InChI=1S/C13H21NO5/c1-4-18-11(16)13(14-9(3)15,8-10-6-7-10)12(17)19-5-2/h10H,4-8H2,1-3H3,(H,14,15). The maximum atomic E-state index is 12.1. The molecule has 0 atom stereocenters. The minimum atomic E-state index is -1.70. The number of ether oxygens (including phenoxy) is 2. The van der Waals surface area contributed by atoms with Crippen LogP contribution in [0.1, 0.15) is 40.0 Å². The fourth-order valence-electron chi connectivity index (χ4n) is 1.97. The van der Waals surface area contributed by atoms with Gasteiger partial charge < -0.3 is 14.8 Å². The fourth-order valence-corrected chi connectivity index (χ4v) is 1.97. The van der Waals surface area contributed by atoms with Gasteiger partial charge in [-0.05, 0) is 26.2 Å². The zero-order valence-electron chi connectivity index (χ0n) is 11.7. The van der Waals surface area contributed by atoms with Gasteiger partial charge in [0.05, 0.1) is 13.2 Å². The van der Waals surface area contributed by atoms with Crippen molar-refractivity contribution in [3.8, 4) is 0 Å². The van der Waals surface area contributed by atoms with Crippen molar-refractivity contribution in [1.82, 2.24) is 5.32 Å². The van der Waals surface area contributed by atoms with E-state index in [1.165, 1.54) is 6.92 Å². The number of carbonyl (C=O) groups is 3. The molecule has 6 nitrogen and oxygen atoms in total. The highest BCUT2D eigenvalue weighted by molar-refractivity contribution is 6.07. The van der Waals surface area contributed by atoms with Crippen LogP contribution in [0.25, 0.3) is 0 Å². The van der Waals surface area contributed by atoms with E-state index in [2.05, 4.69) is 5.32 Å². The van der Waals surface area contributed by atoms with E-state index in [-0.39, 0.29) is 25.6 Å². The second kappa shape index (κ2) is 6.54. The molecule has 0 aromatic rings. The van der Waals surface area contributed by atoms with Gasteiger partial charge in [-0.1, -0.05) is 12.8 Å². The van der Waals surface area contributed by atoms with Gasteiger partial charge in [-0.2, -0.15) is 0 Å². The van der Waals surface area contributed by atoms with Gasteiger partial charge in [-0.3, -0.25) is 4.79 Å². The first kappa shape index (κ1) is 15.5. The first-order valence-electron chi connectivity index (χ1n) is 6.59. The van der Waals surface area contributed by atoms with Crippen molar-refractivity contribution < 1.29 is 23.9 Å². The van der Waals surface area contributed by atoms with Gasteiger partial charge in [0, 0.05) is 6.92 Å². The maximum Gasteiger partial charge on any atom is 0.343 e. The van der Waals surface area contributed by atoms with Crippen LogP contribution in [0.2, 0.25) is 0 Å². The van der Waals surface area contributed by atoms with Crippen LogP contribution < -0.4 is 5.32 Å². The van der Waals surface area contributed by atoms with Gasteiger partial charge in [0.15, 0.2) is 0 Å². The highest BCUT2D eigenvalue weighted by Gasteiger charge is 2.52. The quantitative estimate of drug-likeness (QED) is 0.547. The van der Waals surface area contributed by atoms with Crippen LogP contribution in [0.3, 0.4) is 0 Å². The lowest BCUT2D eigenvalue weighted by atomic mass is 9.92. The Morgan fingerprint density at radius 3 is 1.89 bits per heavy atom. The van der Waals surface area contributed by atoms with E-state index in [9.17, 15) is 14.4 Å². The summed E-state index contributed by atoms with van der Waals surface area (Å²) < 4.78 is 9.90. The van der Waals surface area contributed by atoms with Gasteiger partial charge in [0.2, 0.25) is 11.4 Å². The molecule has 1 N–H and O–H groups in total. The summed E-state index contributed by atoms with van der Waals surface area (Å²) in [5.41, 5.74) is -1.70. The van der Waals surface area contributed by atoms with E-state index in [1.54, 1.807) is 13.8 Å². The average molecular weight is 271 g/mol. The summed E-state index contributed by atoms with van der Waals surface area (Å²) in [5, 5.41) is 2.45. The lowest BCUT2D eigenvalue weighted by Crippen LogP contribution is -2.61. The first-order chi connectivity index (χ1) is 8.96. The Labute approximate surface area is 112 Å². The zero-order valence-corrected chi connectivity index (χ0v) is 11.7. The molecule has 0 spiro atoms. The monoisotopic (exact) mass is 271 g/mol. The Balaban J connectivity index is 3.01. The third-order valence-corrected chi connectivity index (χ3v) is 2.93. The highest BCUT2D eigenvalue weighted by Crippen LogP contribution is 2.37. The third-order valence-electron chi connectivity index (χ3n) is 2.93. The molecule has 19 heavy (non-hydrogen) atoms. The highest BCUT2D eigenvalue weighted by atomic mass is 16.6. The molecule has 0 bridgehead atoms. The smallest absolute Gasteiger partial charge is 0.343 e. The number of nitrogens with one attached hydrogen (secondary N) is 1.